The summed E-state index contributed by atoms with van der Waals surface area (Å²) in [5.74, 6) is 1.70. The van der Waals surface area contributed by atoms with Crippen LogP contribution in [0.15, 0.2) is 41.9 Å². The molecule has 2 aliphatic heterocycles. The van der Waals surface area contributed by atoms with E-state index in [2.05, 4.69) is 36.9 Å². The molecule has 0 radical (unpaired) electrons. The van der Waals surface area contributed by atoms with Crippen molar-refractivity contribution in [3.05, 3.63) is 42.6 Å². The number of aromatic nitrogens is 5. The Morgan fingerprint density at radius 2 is 2.15 bits per heavy atom. The molecule has 2 aliphatic rings. The first-order chi connectivity index (χ1) is 16.5. The summed E-state index contributed by atoms with van der Waals surface area (Å²) >= 11 is 1.72. The fraction of sp³-hybridized carbons (Fsp3) is 0.500. The number of ether oxygens (including phenoxy) is 1. The first-order valence-corrected chi connectivity index (χ1v) is 12.6. The van der Waals surface area contributed by atoms with Crippen molar-refractivity contribution in [1.29, 1.82) is 0 Å². The third-order valence-electron chi connectivity index (χ3n) is 7.06. The highest BCUT2D eigenvalue weighted by molar-refractivity contribution is 7.99. The van der Waals surface area contributed by atoms with E-state index in [-0.39, 0.29) is 11.2 Å². The van der Waals surface area contributed by atoms with Gasteiger partial charge in [0.2, 0.25) is 0 Å². The van der Waals surface area contributed by atoms with E-state index in [1.165, 1.54) is 13.2 Å². The predicted molar refractivity (Wildman–Crippen MR) is 131 cm³/mol. The molecule has 3 aromatic rings. The molecule has 8 nitrogen and oxygen atoms in total. The molecule has 2 aromatic heterocycles. The summed E-state index contributed by atoms with van der Waals surface area (Å²) in [7, 11) is 3.48. The fourth-order valence-electron chi connectivity index (χ4n) is 5.23. The summed E-state index contributed by atoms with van der Waals surface area (Å²) in [5, 5.41) is 9.51. The van der Waals surface area contributed by atoms with Gasteiger partial charge in [0.05, 0.1) is 13.3 Å². The topological polar surface area (TPSA) is 72.2 Å². The minimum Gasteiger partial charge on any atom is -0.494 e. The Labute approximate surface area is 203 Å². The summed E-state index contributed by atoms with van der Waals surface area (Å²) in [5.41, 5.74) is 2.03. The molecule has 0 saturated carbocycles. The van der Waals surface area contributed by atoms with E-state index >= 15 is 0 Å². The van der Waals surface area contributed by atoms with Crippen LogP contribution in [0.1, 0.15) is 19.8 Å². The van der Waals surface area contributed by atoms with Gasteiger partial charge in [0.15, 0.2) is 22.5 Å². The SMILES string of the molecule is COc1cc(N2CC[C@@]3(C)CN(CCCSc4nnc(-c5cnccn5)n4C)C[C@@H]23)ccc1F. The largest absolute Gasteiger partial charge is 0.494 e. The third-order valence-corrected chi connectivity index (χ3v) is 8.17. The first kappa shape index (κ1) is 23.0. The molecule has 10 heteroatoms. The number of rotatable bonds is 8. The zero-order valence-corrected chi connectivity index (χ0v) is 20.6. The molecule has 2 atom stereocenters. The molecule has 2 fully saturated rings. The van der Waals surface area contributed by atoms with Crippen LogP contribution in [0.5, 0.6) is 5.75 Å². The Morgan fingerprint density at radius 1 is 1.26 bits per heavy atom. The second kappa shape index (κ2) is 9.50. The number of hydrogen-bond acceptors (Lipinski definition) is 8. The van der Waals surface area contributed by atoms with E-state index in [0.29, 0.717) is 11.8 Å². The number of nitrogens with zero attached hydrogens (tertiary/aromatic N) is 7. The van der Waals surface area contributed by atoms with E-state index in [1.807, 2.05) is 23.7 Å². The van der Waals surface area contributed by atoms with Crippen LogP contribution in [0.3, 0.4) is 0 Å². The van der Waals surface area contributed by atoms with Crippen LogP contribution in [0.25, 0.3) is 11.5 Å². The van der Waals surface area contributed by atoms with E-state index in [0.717, 1.165) is 67.1 Å². The Kier molecular flexibility index (Phi) is 6.44. The molecule has 5 rings (SSSR count). The molecular formula is C24H30FN7OS. The molecular weight excluding hydrogens is 453 g/mol. The van der Waals surface area contributed by atoms with Crippen LogP contribution in [0, 0.1) is 11.2 Å². The van der Waals surface area contributed by atoms with E-state index < -0.39 is 0 Å². The number of benzene rings is 1. The van der Waals surface area contributed by atoms with Crippen LogP contribution in [0.4, 0.5) is 10.1 Å². The Hall–Kier alpha value is -2.72. The average molecular weight is 484 g/mol. The summed E-state index contributed by atoms with van der Waals surface area (Å²) in [6.07, 6.45) is 7.24. The van der Waals surface area contributed by atoms with E-state index in [9.17, 15) is 4.39 Å². The second-order valence-corrected chi connectivity index (χ2v) is 10.4. The molecule has 2 saturated heterocycles. The monoisotopic (exact) mass is 483 g/mol. The van der Waals surface area contributed by atoms with Crippen LogP contribution in [0.2, 0.25) is 0 Å². The zero-order valence-electron chi connectivity index (χ0n) is 19.8. The van der Waals surface area contributed by atoms with Crippen LogP contribution in [-0.2, 0) is 7.05 Å². The van der Waals surface area contributed by atoms with Crippen molar-refractivity contribution >= 4 is 17.4 Å². The van der Waals surface area contributed by atoms with Gasteiger partial charge in [-0.3, -0.25) is 4.98 Å². The number of fused-ring (bicyclic) bond motifs is 1. The molecule has 0 N–H and O–H groups in total. The number of methoxy groups -OCH3 is 1. The van der Waals surface area contributed by atoms with Crippen molar-refractivity contribution < 1.29 is 9.13 Å². The van der Waals surface area contributed by atoms with Gasteiger partial charge < -0.3 is 19.1 Å². The maximum absolute atomic E-state index is 13.9. The smallest absolute Gasteiger partial charge is 0.191 e. The van der Waals surface area contributed by atoms with Gasteiger partial charge >= 0.3 is 0 Å². The second-order valence-electron chi connectivity index (χ2n) is 9.33. The maximum Gasteiger partial charge on any atom is 0.191 e. The summed E-state index contributed by atoms with van der Waals surface area (Å²) < 4.78 is 21.1. The van der Waals surface area contributed by atoms with Crippen molar-refractivity contribution in [2.24, 2.45) is 12.5 Å². The molecule has 180 valence electrons. The number of halogens is 1. The van der Waals surface area contributed by atoms with Gasteiger partial charge in [-0.05, 0) is 31.5 Å². The van der Waals surface area contributed by atoms with Gasteiger partial charge in [-0.25, -0.2) is 9.37 Å². The average Bonchev–Trinajstić information content (AvgIpc) is 3.47. The van der Waals surface area contributed by atoms with E-state index in [1.54, 1.807) is 30.4 Å². The van der Waals surface area contributed by atoms with Crippen molar-refractivity contribution in [2.45, 2.75) is 31.0 Å². The van der Waals surface area contributed by atoms with Gasteiger partial charge in [0.25, 0.3) is 0 Å². The summed E-state index contributed by atoms with van der Waals surface area (Å²) in [6.45, 7) is 6.56. The quantitative estimate of drug-likeness (QED) is 0.356. The number of likely N-dealkylation sites (tertiary alicyclic amines) is 1. The highest BCUT2D eigenvalue weighted by atomic mass is 32.2. The summed E-state index contributed by atoms with van der Waals surface area (Å²) in [6, 6.07) is 5.65. The molecule has 0 amide bonds. The lowest BCUT2D eigenvalue weighted by Crippen LogP contribution is -2.37. The Morgan fingerprint density at radius 3 is 2.94 bits per heavy atom. The number of thioether (sulfide) groups is 1. The lowest BCUT2D eigenvalue weighted by molar-refractivity contribution is 0.276. The van der Waals surface area contributed by atoms with Crippen LogP contribution >= 0.6 is 11.8 Å². The molecule has 0 unspecified atom stereocenters. The Balaban J connectivity index is 1.15. The highest BCUT2D eigenvalue weighted by Gasteiger charge is 2.50. The number of hydrogen-bond donors (Lipinski definition) is 0. The first-order valence-electron chi connectivity index (χ1n) is 11.6. The lowest BCUT2D eigenvalue weighted by atomic mass is 9.85. The summed E-state index contributed by atoms with van der Waals surface area (Å²) in [4.78, 5) is 13.4. The van der Waals surface area contributed by atoms with Gasteiger partial charge in [0.1, 0.15) is 5.69 Å². The van der Waals surface area contributed by atoms with Crippen LogP contribution < -0.4 is 9.64 Å². The van der Waals surface area contributed by atoms with Crippen molar-refractivity contribution in [3.8, 4) is 17.3 Å². The normalized spacial score (nSPS) is 22.4. The maximum atomic E-state index is 13.9. The lowest BCUT2D eigenvalue weighted by Gasteiger charge is -2.30. The highest BCUT2D eigenvalue weighted by Crippen LogP contribution is 2.45. The fourth-order valence-corrected chi connectivity index (χ4v) is 6.07. The van der Waals surface area contributed by atoms with Gasteiger partial charge in [0, 0.05) is 68.0 Å². The van der Waals surface area contributed by atoms with Crippen molar-refractivity contribution in [1.82, 2.24) is 29.6 Å². The van der Waals surface area contributed by atoms with Gasteiger partial charge in [-0.15, -0.1) is 10.2 Å². The van der Waals surface area contributed by atoms with E-state index in [4.69, 9.17) is 4.74 Å². The van der Waals surface area contributed by atoms with Crippen molar-refractivity contribution in [2.75, 3.05) is 43.9 Å². The van der Waals surface area contributed by atoms with Gasteiger partial charge in [-0.2, -0.15) is 0 Å². The minimum absolute atomic E-state index is 0.254. The molecule has 0 spiro atoms. The standard InChI is InChI=1S/C24H30FN7OS/c1-24-7-11-32(17-5-6-18(25)20(13-17)33-3)21(24)15-31(16-24)10-4-12-34-23-29-28-22(30(23)2)19-14-26-8-9-27-19/h5-6,8-9,13-14,21H,4,7,10-12,15-16H2,1-3H3/t21-,24+/m1/s1. The molecule has 34 heavy (non-hydrogen) atoms. The molecule has 0 aliphatic carbocycles. The molecule has 0 bridgehead atoms. The minimum atomic E-state index is -0.314. The Bertz CT molecular complexity index is 1140. The zero-order chi connectivity index (χ0) is 23.7. The third kappa shape index (κ3) is 4.36. The molecule has 4 heterocycles. The van der Waals surface area contributed by atoms with Gasteiger partial charge in [-0.1, -0.05) is 18.7 Å². The molecule has 1 aromatic carbocycles. The van der Waals surface area contributed by atoms with Crippen molar-refractivity contribution in [3.63, 3.8) is 0 Å². The number of anilines is 1. The predicted octanol–water partition coefficient (Wildman–Crippen LogP) is 3.50. The van der Waals surface area contributed by atoms with Crippen LogP contribution in [-0.4, -0.2) is 74.7 Å².